The van der Waals surface area contributed by atoms with Crippen molar-refractivity contribution < 1.29 is 9.59 Å². The standard InChI is InChI=1S/C21H23N3O2S/c25-19(15-8-3-1-4-9-15)22-17-12-7-13-18(14-17)23-21(27)24-20(26)16-10-5-2-6-11-16/h2,5-7,10-15H,1,3-4,8-9H2,(H,22,25)(H2,23,24,26,27). The highest BCUT2D eigenvalue weighted by Crippen LogP contribution is 2.25. The van der Waals surface area contributed by atoms with E-state index in [0.29, 0.717) is 16.9 Å². The molecule has 0 heterocycles. The lowest BCUT2D eigenvalue weighted by molar-refractivity contribution is -0.120. The molecule has 2 aromatic rings. The summed E-state index contributed by atoms with van der Waals surface area (Å²) in [6, 6.07) is 16.2. The molecule has 0 atom stereocenters. The molecule has 1 aliphatic carbocycles. The van der Waals surface area contributed by atoms with E-state index in [4.69, 9.17) is 12.2 Å². The van der Waals surface area contributed by atoms with Crippen molar-refractivity contribution in [2.75, 3.05) is 10.6 Å². The normalized spacial score (nSPS) is 14.2. The van der Waals surface area contributed by atoms with Crippen LogP contribution in [0, 0.1) is 5.92 Å². The number of anilines is 2. The Morgan fingerprint density at radius 1 is 0.852 bits per heavy atom. The molecule has 1 aliphatic rings. The molecule has 3 rings (SSSR count). The smallest absolute Gasteiger partial charge is 0.257 e. The second-order valence-electron chi connectivity index (χ2n) is 6.68. The zero-order valence-corrected chi connectivity index (χ0v) is 15.9. The molecule has 1 saturated carbocycles. The lowest BCUT2D eigenvalue weighted by Gasteiger charge is -2.21. The molecule has 1 fully saturated rings. The van der Waals surface area contributed by atoms with Gasteiger partial charge in [-0.3, -0.25) is 14.9 Å². The van der Waals surface area contributed by atoms with Gasteiger partial charge in [0.2, 0.25) is 5.91 Å². The summed E-state index contributed by atoms with van der Waals surface area (Å²) in [6.45, 7) is 0. The first-order valence-corrected chi connectivity index (χ1v) is 9.61. The molecule has 27 heavy (non-hydrogen) atoms. The van der Waals surface area contributed by atoms with Crippen molar-refractivity contribution in [2.45, 2.75) is 32.1 Å². The number of benzene rings is 2. The molecule has 0 bridgehead atoms. The summed E-state index contributed by atoms with van der Waals surface area (Å²) in [7, 11) is 0. The summed E-state index contributed by atoms with van der Waals surface area (Å²) in [4.78, 5) is 24.5. The maximum Gasteiger partial charge on any atom is 0.257 e. The Kier molecular flexibility index (Phi) is 6.54. The molecule has 140 valence electrons. The van der Waals surface area contributed by atoms with Gasteiger partial charge in [0.25, 0.3) is 5.91 Å². The SMILES string of the molecule is O=C(NC(=S)Nc1cccc(NC(=O)C2CCCCC2)c1)c1ccccc1. The van der Waals surface area contributed by atoms with Crippen molar-refractivity contribution >= 4 is 40.5 Å². The minimum atomic E-state index is -0.269. The Balaban J connectivity index is 1.56. The summed E-state index contributed by atoms with van der Waals surface area (Å²) < 4.78 is 0. The summed E-state index contributed by atoms with van der Waals surface area (Å²) >= 11 is 5.22. The number of rotatable bonds is 4. The summed E-state index contributed by atoms with van der Waals surface area (Å²) in [5.41, 5.74) is 1.96. The third-order valence-corrected chi connectivity index (χ3v) is 4.83. The number of thiocarbonyl (C=S) groups is 1. The predicted octanol–water partition coefficient (Wildman–Crippen LogP) is 4.33. The highest BCUT2D eigenvalue weighted by Gasteiger charge is 2.21. The zero-order valence-electron chi connectivity index (χ0n) is 15.0. The molecule has 0 saturated heterocycles. The van der Waals surface area contributed by atoms with Crippen molar-refractivity contribution in [3.8, 4) is 0 Å². The van der Waals surface area contributed by atoms with E-state index < -0.39 is 0 Å². The Labute approximate surface area is 164 Å². The number of nitrogens with one attached hydrogen (secondary N) is 3. The topological polar surface area (TPSA) is 70.2 Å². The van der Waals surface area contributed by atoms with Gasteiger partial charge in [-0.2, -0.15) is 0 Å². The van der Waals surface area contributed by atoms with Crippen LogP contribution in [-0.4, -0.2) is 16.9 Å². The van der Waals surface area contributed by atoms with E-state index in [9.17, 15) is 9.59 Å². The molecule has 0 spiro atoms. The van der Waals surface area contributed by atoms with E-state index in [1.165, 1.54) is 6.42 Å². The van der Waals surface area contributed by atoms with Gasteiger partial charge in [-0.05, 0) is 55.4 Å². The van der Waals surface area contributed by atoms with Crippen molar-refractivity contribution in [3.05, 3.63) is 60.2 Å². The van der Waals surface area contributed by atoms with Gasteiger partial charge in [0.1, 0.15) is 0 Å². The maximum absolute atomic E-state index is 12.4. The Bertz CT molecular complexity index is 817. The van der Waals surface area contributed by atoms with Gasteiger partial charge in [-0.15, -0.1) is 0 Å². The molecular weight excluding hydrogens is 358 g/mol. The van der Waals surface area contributed by atoms with Crippen LogP contribution in [0.4, 0.5) is 11.4 Å². The number of amides is 2. The lowest BCUT2D eigenvalue weighted by Crippen LogP contribution is -2.34. The number of carbonyl (C=O) groups is 2. The minimum absolute atomic E-state index is 0.0757. The van der Waals surface area contributed by atoms with Crippen molar-refractivity contribution in [3.63, 3.8) is 0 Å². The van der Waals surface area contributed by atoms with Crippen LogP contribution in [0.1, 0.15) is 42.5 Å². The van der Waals surface area contributed by atoms with E-state index in [0.717, 1.165) is 25.7 Å². The first-order valence-electron chi connectivity index (χ1n) is 9.20. The minimum Gasteiger partial charge on any atom is -0.332 e. The molecule has 2 aromatic carbocycles. The molecule has 0 radical (unpaired) electrons. The van der Waals surface area contributed by atoms with Crippen LogP contribution in [0.2, 0.25) is 0 Å². The third kappa shape index (κ3) is 5.62. The monoisotopic (exact) mass is 381 g/mol. The van der Waals surface area contributed by atoms with Gasteiger partial charge in [-0.25, -0.2) is 0 Å². The Morgan fingerprint density at radius 3 is 2.22 bits per heavy atom. The van der Waals surface area contributed by atoms with Crippen LogP contribution in [0.3, 0.4) is 0 Å². The average Bonchev–Trinajstić information content (AvgIpc) is 2.69. The number of carbonyl (C=O) groups excluding carboxylic acids is 2. The van der Waals surface area contributed by atoms with Crippen molar-refractivity contribution in [1.29, 1.82) is 0 Å². The Morgan fingerprint density at radius 2 is 1.52 bits per heavy atom. The summed E-state index contributed by atoms with van der Waals surface area (Å²) in [5, 5.41) is 8.82. The first kappa shape index (κ1) is 19.0. The van der Waals surface area contributed by atoms with Gasteiger partial charge < -0.3 is 10.6 Å². The third-order valence-electron chi connectivity index (χ3n) is 4.63. The molecule has 0 unspecified atom stereocenters. The predicted molar refractivity (Wildman–Crippen MR) is 112 cm³/mol. The number of hydrogen-bond donors (Lipinski definition) is 3. The first-order chi connectivity index (χ1) is 13.1. The summed E-state index contributed by atoms with van der Waals surface area (Å²) in [5.74, 6) is -0.0942. The molecule has 5 nitrogen and oxygen atoms in total. The largest absolute Gasteiger partial charge is 0.332 e. The van der Waals surface area contributed by atoms with Crippen LogP contribution in [0.5, 0.6) is 0 Å². The second kappa shape index (κ2) is 9.28. The van der Waals surface area contributed by atoms with Crippen LogP contribution in [0.15, 0.2) is 54.6 Å². The molecule has 2 amide bonds. The molecule has 6 heteroatoms. The summed E-state index contributed by atoms with van der Waals surface area (Å²) in [6.07, 6.45) is 5.37. The lowest BCUT2D eigenvalue weighted by atomic mass is 9.88. The molecule has 3 N–H and O–H groups in total. The van der Waals surface area contributed by atoms with E-state index in [-0.39, 0.29) is 22.8 Å². The zero-order chi connectivity index (χ0) is 19.1. The fourth-order valence-corrected chi connectivity index (χ4v) is 3.42. The van der Waals surface area contributed by atoms with Crippen LogP contribution in [-0.2, 0) is 4.79 Å². The average molecular weight is 382 g/mol. The molecule has 0 aliphatic heterocycles. The fraction of sp³-hybridized carbons (Fsp3) is 0.286. The van der Waals surface area contributed by atoms with Crippen LogP contribution >= 0.6 is 12.2 Å². The second-order valence-corrected chi connectivity index (χ2v) is 7.09. The van der Waals surface area contributed by atoms with E-state index >= 15 is 0 Å². The highest BCUT2D eigenvalue weighted by molar-refractivity contribution is 7.80. The van der Waals surface area contributed by atoms with Gasteiger partial charge in [0, 0.05) is 22.9 Å². The highest BCUT2D eigenvalue weighted by atomic mass is 32.1. The number of hydrogen-bond acceptors (Lipinski definition) is 3. The fourth-order valence-electron chi connectivity index (χ4n) is 3.21. The van der Waals surface area contributed by atoms with Crippen LogP contribution < -0.4 is 16.0 Å². The van der Waals surface area contributed by atoms with Gasteiger partial charge in [0.05, 0.1) is 0 Å². The van der Waals surface area contributed by atoms with Gasteiger partial charge in [0.15, 0.2) is 5.11 Å². The van der Waals surface area contributed by atoms with Gasteiger partial charge in [-0.1, -0.05) is 43.5 Å². The van der Waals surface area contributed by atoms with Crippen LogP contribution in [0.25, 0.3) is 0 Å². The van der Waals surface area contributed by atoms with Gasteiger partial charge >= 0.3 is 0 Å². The molecule has 0 aromatic heterocycles. The molecular formula is C21H23N3O2S. The Hall–Kier alpha value is -2.73. The van der Waals surface area contributed by atoms with Crippen molar-refractivity contribution in [2.24, 2.45) is 5.92 Å². The quantitative estimate of drug-likeness (QED) is 0.690. The van der Waals surface area contributed by atoms with Crippen molar-refractivity contribution in [1.82, 2.24) is 5.32 Å². The van der Waals surface area contributed by atoms with E-state index in [1.54, 1.807) is 24.3 Å². The van der Waals surface area contributed by atoms with E-state index in [2.05, 4.69) is 16.0 Å². The van der Waals surface area contributed by atoms with E-state index in [1.807, 2.05) is 30.3 Å². The maximum atomic E-state index is 12.4.